The van der Waals surface area contributed by atoms with E-state index in [-0.39, 0.29) is 17.9 Å². The van der Waals surface area contributed by atoms with E-state index in [1.54, 1.807) is 4.90 Å². The SMILES string of the molecule is CC(=O)N[C@H]1CCN(C(=O)CCc2c(C)noc2C)CC[C@@H]1O. The predicted molar refractivity (Wildman–Crippen MR) is 83.7 cm³/mol. The number of hydrogen-bond donors (Lipinski definition) is 2. The van der Waals surface area contributed by atoms with Crippen molar-refractivity contribution in [1.82, 2.24) is 15.4 Å². The maximum absolute atomic E-state index is 12.4. The Bertz CT molecular complexity index is 550. The van der Waals surface area contributed by atoms with Crippen molar-refractivity contribution in [1.29, 1.82) is 0 Å². The molecule has 0 bridgehead atoms. The van der Waals surface area contributed by atoms with Crippen molar-refractivity contribution in [2.24, 2.45) is 0 Å². The summed E-state index contributed by atoms with van der Waals surface area (Å²) in [5, 5.41) is 16.7. The first-order valence-electron chi connectivity index (χ1n) is 8.03. The van der Waals surface area contributed by atoms with Gasteiger partial charge in [0.05, 0.1) is 17.8 Å². The molecule has 0 saturated carbocycles. The van der Waals surface area contributed by atoms with E-state index in [4.69, 9.17) is 4.52 Å². The maximum atomic E-state index is 12.4. The van der Waals surface area contributed by atoms with Gasteiger partial charge in [-0.1, -0.05) is 5.16 Å². The minimum Gasteiger partial charge on any atom is -0.391 e. The molecule has 0 unspecified atom stereocenters. The zero-order valence-corrected chi connectivity index (χ0v) is 14.0. The Morgan fingerprint density at radius 3 is 2.65 bits per heavy atom. The quantitative estimate of drug-likeness (QED) is 0.851. The normalized spacial score (nSPS) is 21.8. The Labute approximate surface area is 136 Å². The van der Waals surface area contributed by atoms with Crippen LogP contribution in [0.4, 0.5) is 0 Å². The summed E-state index contributed by atoms with van der Waals surface area (Å²) < 4.78 is 5.11. The number of carbonyl (C=O) groups is 2. The smallest absolute Gasteiger partial charge is 0.222 e. The first kappa shape index (κ1) is 17.5. The van der Waals surface area contributed by atoms with Crippen LogP contribution in [0.2, 0.25) is 0 Å². The molecular formula is C16H25N3O4. The van der Waals surface area contributed by atoms with Crippen molar-refractivity contribution in [2.75, 3.05) is 13.1 Å². The topological polar surface area (TPSA) is 95.7 Å². The molecule has 2 atom stereocenters. The number of aliphatic hydroxyl groups is 1. The largest absolute Gasteiger partial charge is 0.391 e. The third-order valence-electron chi connectivity index (χ3n) is 4.38. The molecule has 7 nitrogen and oxygen atoms in total. The molecule has 2 N–H and O–H groups in total. The molecule has 0 spiro atoms. The van der Waals surface area contributed by atoms with Crippen molar-refractivity contribution in [2.45, 2.75) is 58.6 Å². The van der Waals surface area contributed by atoms with Gasteiger partial charge >= 0.3 is 0 Å². The van der Waals surface area contributed by atoms with Gasteiger partial charge in [0.25, 0.3) is 0 Å². The highest BCUT2D eigenvalue weighted by molar-refractivity contribution is 5.76. The summed E-state index contributed by atoms with van der Waals surface area (Å²) in [5.74, 6) is 0.653. The summed E-state index contributed by atoms with van der Waals surface area (Å²) in [7, 11) is 0. The second kappa shape index (κ2) is 7.59. The van der Waals surface area contributed by atoms with Crippen molar-refractivity contribution in [3.8, 4) is 0 Å². The second-order valence-electron chi connectivity index (χ2n) is 6.14. The van der Waals surface area contributed by atoms with E-state index in [1.165, 1.54) is 6.92 Å². The van der Waals surface area contributed by atoms with E-state index >= 15 is 0 Å². The Kier molecular flexibility index (Phi) is 5.76. The van der Waals surface area contributed by atoms with Gasteiger partial charge in [-0.05, 0) is 33.1 Å². The lowest BCUT2D eigenvalue weighted by molar-refractivity contribution is -0.131. The molecule has 2 rings (SSSR count). The van der Waals surface area contributed by atoms with Crippen LogP contribution >= 0.6 is 0 Å². The lowest BCUT2D eigenvalue weighted by Gasteiger charge is -2.21. The fourth-order valence-corrected chi connectivity index (χ4v) is 3.02. The Morgan fingerprint density at radius 1 is 1.35 bits per heavy atom. The van der Waals surface area contributed by atoms with Gasteiger partial charge in [-0.3, -0.25) is 9.59 Å². The van der Waals surface area contributed by atoms with Crippen molar-refractivity contribution in [3.05, 3.63) is 17.0 Å². The second-order valence-corrected chi connectivity index (χ2v) is 6.14. The van der Waals surface area contributed by atoms with Crippen LogP contribution in [0.3, 0.4) is 0 Å². The molecule has 0 aromatic carbocycles. The first-order chi connectivity index (χ1) is 10.9. The van der Waals surface area contributed by atoms with Crippen LogP contribution in [0, 0.1) is 13.8 Å². The molecule has 1 fully saturated rings. The average Bonchev–Trinajstić information content (AvgIpc) is 2.69. The van der Waals surface area contributed by atoms with E-state index in [9.17, 15) is 14.7 Å². The number of aliphatic hydroxyl groups excluding tert-OH is 1. The van der Waals surface area contributed by atoms with E-state index in [0.29, 0.717) is 38.8 Å². The van der Waals surface area contributed by atoms with Gasteiger partial charge in [-0.25, -0.2) is 0 Å². The van der Waals surface area contributed by atoms with Crippen molar-refractivity contribution < 1.29 is 19.2 Å². The number of likely N-dealkylation sites (tertiary alicyclic amines) is 1. The van der Waals surface area contributed by atoms with Gasteiger partial charge in [0.15, 0.2) is 0 Å². The third kappa shape index (κ3) is 4.54. The summed E-state index contributed by atoms with van der Waals surface area (Å²) in [5.41, 5.74) is 1.82. The molecule has 1 aliphatic rings. The summed E-state index contributed by atoms with van der Waals surface area (Å²) in [4.78, 5) is 25.3. The number of rotatable bonds is 4. The van der Waals surface area contributed by atoms with Gasteiger partial charge in [0.1, 0.15) is 5.76 Å². The monoisotopic (exact) mass is 323 g/mol. The van der Waals surface area contributed by atoms with Gasteiger partial charge in [-0.15, -0.1) is 0 Å². The molecule has 2 heterocycles. The lowest BCUT2D eigenvalue weighted by atomic mass is 10.1. The maximum Gasteiger partial charge on any atom is 0.222 e. The minimum absolute atomic E-state index is 0.0562. The standard InChI is InChI=1S/C16H25N3O4/c1-10-13(11(2)23-18-10)4-5-16(22)19-8-6-14(17-12(3)20)15(21)7-9-19/h14-15,21H,4-9H2,1-3H3,(H,17,20)/t14-,15-/m0/s1. The molecule has 0 aliphatic carbocycles. The summed E-state index contributed by atoms with van der Waals surface area (Å²) in [6.45, 7) is 6.21. The summed E-state index contributed by atoms with van der Waals surface area (Å²) in [6.07, 6.45) is 1.43. The van der Waals surface area contributed by atoms with Crippen molar-refractivity contribution in [3.63, 3.8) is 0 Å². The number of aryl methyl sites for hydroxylation is 2. The van der Waals surface area contributed by atoms with Gasteiger partial charge in [-0.2, -0.15) is 0 Å². The molecule has 1 saturated heterocycles. The number of aromatic nitrogens is 1. The van der Waals surface area contributed by atoms with Crippen molar-refractivity contribution >= 4 is 11.8 Å². The van der Waals surface area contributed by atoms with Crippen LogP contribution in [0.1, 0.15) is 43.2 Å². The number of hydrogen-bond acceptors (Lipinski definition) is 5. The number of carbonyl (C=O) groups excluding carboxylic acids is 2. The minimum atomic E-state index is -0.612. The van der Waals surface area contributed by atoms with E-state index in [1.807, 2.05) is 13.8 Å². The van der Waals surface area contributed by atoms with Gasteiger partial charge in [0.2, 0.25) is 11.8 Å². The highest BCUT2D eigenvalue weighted by Gasteiger charge is 2.27. The number of nitrogens with zero attached hydrogens (tertiary/aromatic N) is 2. The van der Waals surface area contributed by atoms with E-state index < -0.39 is 6.10 Å². The first-order valence-corrected chi connectivity index (χ1v) is 8.03. The highest BCUT2D eigenvalue weighted by atomic mass is 16.5. The molecule has 1 aliphatic heterocycles. The average molecular weight is 323 g/mol. The van der Waals surface area contributed by atoms with E-state index in [2.05, 4.69) is 10.5 Å². The fraction of sp³-hybridized carbons (Fsp3) is 0.688. The summed E-state index contributed by atoms with van der Waals surface area (Å²) >= 11 is 0. The molecule has 7 heteroatoms. The van der Waals surface area contributed by atoms with Crippen LogP contribution in [-0.2, 0) is 16.0 Å². The predicted octanol–water partition coefficient (Wildman–Crippen LogP) is 0.712. The molecule has 1 aromatic rings. The Balaban J connectivity index is 1.89. The van der Waals surface area contributed by atoms with Crippen LogP contribution in [0.5, 0.6) is 0 Å². The zero-order valence-electron chi connectivity index (χ0n) is 14.0. The Morgan fingerprint density at radius 2 is 2.04 bits per heavy atom. The number of amides is 2. The van der Waals surface area contributed by atoms with E-state index in [0.717, 1.165) is 17.0 Å². The van der Waals surface area contributed by atoms with Crippen LogP contribution in [0.15, 0.2) is 4.52 Å². The van der Waals surface area contributed by atoms with Gasteiger partial charge in [0, 0.05) is 32.0 Å². The van der Waals surface area contributed by atoms with Gasteiger partial charge < -0.3 is 19.8 Å². The Hall–Kier alpha value is -1.89. The molecular weight excluding hydrogens is 298 g/mol. The molecule has 128 valence electrons. The summed E-state index contributed by atoms with van der Waals surface area (Å²) in [6, 6.07) is -0.284. The molecule has 2 amide bonds. The third-order valence-corrected chi connectivity index (χ3v) is 4.38. The molecule has 0 radical (unpaired) electrons. The molecule has 23 heavy (non-hydrogen) atoms. The van der Waals surface area contributed by atoms with Crippen LogP contribution in [0.25, 0.3) is 0 Å². The number of nitrogens with one attached hydrogen (secondary N) is 1. The zero-order chi connectivity index (χ0) is 17.0. The lowest BCUT2D eigenvalue weighted by Crippen LogP contribution is -2.42. The molecule has 1 aromatic heterocycles. The van der Waals surface area contributed by atoms with Crippen LogP contribution in [-0.4, -0.2) is 52.2 Å². The van der Waals surface area contributed by atoms with Crippen LogP contribution < -0.4 is 5.32 Å². The highest BCUT2D eigenvalue weighted by Crippen LogP contribution is 2.17. The fourth-order valence-electron chi connectivity index (χ4n) is 3.02.